The summed E-state index contributed by atoms with van der Waals surface area (Å²) in [5, 5.41) is 4.46. The van der Waals surface area contributed by atoms with Crippen molar-refractivity contribution < 1.29 is 9.53 Å². The van der Waals surface area contributed by atoms with Crippen molar-refractivity contribution in [2.75, 3.05) is 12.4 Å². The molecular formula is C17H13Cl2N3O2S. The van der Waals surface area contributed by atoms with E-state index in [1.54, 1.807) is 25.3 Å². The van der Waals surface area contributed by atoms with Gasteiger partial charge in [0.15, 0.2) is 5.16 Å². The molecule has 0 radical (unpaired) electrons. The van der Waals surface area contributed by atoms with Gasteiger partial charge in [0.25, 0.3) is 5.24 Å². The number of nitrogens with one attached hydrogen (secondary N) is 1. The lowest BCUT2D eigenvalue weighted by Crippen LogP contribution is -2.06. The third-order valence-electron chi connectivity index (χ3n) is 3.42. The number of halogens is 2. The first-order valence-corrected chi connectivity index (χ1v) is 8.80. The van der Waals surface area contributed by atoms with Crippen LogP contribution in [0.3, 0.4) is 0 Å². The number of benzene rings is 2. The van der Waals surface area contributed by atoms with E-state index in [1.807, 2.05) is 25.1 Å². The van der Waals surface area contributed by atoms with Gasteiger partial charge < -0.3 is 10.1 Å². The molecule has 25 heavy (non-hydrogen) atoms. The Morgan fingerprint density at radius 1 is 1.12 bits per heavy atom. The predicted octanol–water partition coefficient (Wildman–Crippen LogP) is 5.58. The lowest BCUT2D eigenvalue weighted by atomic mass is 10.2. The van der Waals surface area contributed by atoms with E-state index in [0.717, 1.165) is 34.1 Å². The fourth-order valence-electron chi connectivity index (χ4n) is 2.21. The lowest BCUT2D eigenvalue weighted by Gasteiger charge is -2.08. The Labute approximate surface area is 158 Å². The van der Waals surface area contributed by atoms with Gasteiger partial charge in [-0.05, 0) is 43.3 Å². The molecule has 1 N–H and O–H groups in total. The molecule has 0 aliphatic rings. The minimum atomic E-state index is -0.314. The van der Waals surface area contributed by atoms with Crippen LogP contribution in [0, 0.1) is 6.92 Å². The maximum Gasteiger partial charge on any atom is 0.291 e. The number of hydrogen-bond acceptors (Lipinski definition) is 5. The zero-order valence-corrected chi connectivity index (χ0v) is 15.7. The Morgan fingerprint density at radius 2 is 1.92 bits per heavy atom. The van der Waals surface area contributed by atoms with Crippen molar-refractivity contribution >= 4 is 56.8 Å². The van der Waals surface area contributed by atoms with Gasteiger partial charge >= 0.3 is 0 Å². The Balaban J connectivity index is 1.80. The normalized spacial score (nSPS) is 10.7. The van der Waals surface area contributed by atoms with Gasteiger partial charge in [0.05, 0.1) is 22.7 Å². The van der Waals surface area contributed by atoms with Gasteiger partial charge in [0.2, 0.25) is 0 Å². The number of methoxy groups -OCH3 is 1. The summed E-state index contributed by atoms with van der Waals surface area (Å²) in [5.41, 5.74) is 2.07. The van der Waals surface area contributed by atoms with Gasteiger partial charge in [-0.3, -0.25) is 4.79 Å². The standard InChI is InChI=1S/C17H13Cl2N3O2S/c1-9-12-8-11(24-2)4-6-15(12)22-16(20-9)25-17(23)21-10-3-5-13(18)14(19)7-10/h3-8H,1-2H3,(H,21,23). The predicted molar refractivity (Wildman–Crippen MR) is 102 cm³/mol. The Morgan fingerprint density at radius 3 is 2.64 bits per heavy atom. The van der Waals surface area contributed by atoms with Crippen molar-refractivity contribution in [1.29, 1.82) is 0 Å². The Bertz CT molecular complexity index is 966. The number of nitrogens with zero attached hydrogens (tertiary/aromatic N) is 2. The topological polar surface area (TPSA) is 64.1 Å². The molecule has 1 amide bonds. The number of carbonyl (C=O) groups excluding carboxylic acids is 1. The summed E-state index contributed by atoms with van der Waals surface area (Å²) < 4.78 is 5.21. The molecule has 0 unspecified atom stereocenters. The number of aromatic nitrogens is 2. The average Bonchev–Trinajstić information content (AvgIpc) is 2.58. The number of hydrogen-bond donors (Lipinski definition) is 1. The second kappa shape index (κ2) is 7.47. The molecule has 0 aliphatic carbocycles. The number of anilines is 1. The van der Waals surface area contributed by atoms with Crippen molar-refractivity contribution in [1.82, 2.24) is 9.97 Å². The molecule has 0 bridgehead atoms. The second-order valence-electron chi connectivity index (χ2n) is 5.12. The zero-order chi connectivity index (χ0) is 18.0. The van der Waals surface area contributed by atoms with Crippen LogP contribution in [0.25, 0.3) is 10.9 Å². The van der Waals surface area contributed by atoms with E-state index in [9.17, 15) is 4.79 Å². The van der Waals surface area contributed by atoms with Crippen molar-refractivity contribution in [3.8, 4) is 5.75 Å². The zero-order valence-electron chi connectivity index (χ0n) is 13.3. The van der Waals surface area contributed by atoms with Crippen molar-refractivity contribution in [2.24, 2.45) is 0 Å². The molecule has 2 aromatic carbocycles. The summed E-state index contributed by atoms with van der Waals surface area (Å²) in [4.78, 5) is 21.0. The highest BCUT2D eigenvalue weighted by Gasteiger charge is 2.12. The largest absolute Gasteiger partial charge is 0.497 e. The Hall–Kier alpha value is -2.02. The molecule has 3 rings (SSSR count). The maximum atomic E-state index is 12.2. The Kier molecular flexibility index (Phi) is 5.32. The number of carbonyl (C=O) groups is 1. The number of aryl methyl sites for hydroxylation is 1. The summed E-state index contributed by atoms with van der Waals surface area (Å²) in [7, 11) is 1.61. The first-order chi connectivity index (χ1) is 12.0. The molecule has 0 saturated carbocycles. The van der Waals surface area contributed by atoms with E-state index in [4.69, 9.17) is 27.9 Å². The van der Waals surface area contributed by atoms with Crippen molar-refractivity contribution in [3.63, 3.8) is 0 Å². The van der Waals surface area contributed by atoms with Gasteiger partial charge in [-0.1, -0.05) is 23.2 Å². The van der Waals surface area contributed by atoms with Crippen LogP contribution in [-0.2, 0) is 0 Å². The maximum absolute atomic E-state index is 12.2. The first-order valence-electron chi connectivity index (χ1n) is 7.22. The molecule has 3 aromatic rings. The van der Waals surface area contributed by atoms with E-state index in [2.05, 4.69) is 15.3 Å². The minimum Gasteiger partial charge on any atom is -0.497 e. The highest BCUT2D eigenvalue weighted by atomic mass is 35.5. The summed E-state index contributed by atoms with van der Waals surface area (Å²) in [6.07, 6.45) is 0. The van der Waals surface area contributed by atoms with Crippen molar-refractivity contribution in [2.45, 2.75) is 12.1 Å². The fourth-order valence-corrected chi connectivity index (χ4v) is 3.17. The SMILES string of the molecule is COc1ccc2nc(SC(=O)Nc3ccc(Cl)c(Cl)c3)nc(C)c2c1. The third-order valence-corrected chi connectivity index (χ3v) is 4.81. The molecule has 1 heterocycles. The van der Waals surface area contributed by atoms with E-state index < -0.39 is 0 Å². The molecular weight excluding hydrogens is 381 g/mol. The fraction of sp³-hybridized carbons (Fsp3) is 0.118. The van der Waals surface area contributed by atoms with Crippen molar-refractivity contribution in [3.05, 3.63) is 52.1 Å². The van der Waals surface area contributed by atoms with Crippen LogP contribution >= 0.6 is 35.0 Å². The molecule has 5 nitrogen and oxygen atoms in total. The van der Waals surface area contributed by atoms with E-state index in [-0.39, 0.29) is 5.24 Å². The number of ether oxygens (including phenoxy) is 1. The van der Waals surface area contributed by atoms with Gasteiger partial charge in [-0.2, -0.15) is 0 Å². The number of fused-ring (bicyclic) bond motifs is 1. The van der Waals surface area contributed by atoms with Crippen LogP contribution < -0.4 is 10.1 Å². The molecule has 0 spiro atoms. The average molecular weight is 394 g/mol. The van der Waals surface area contributed by atoms with Crippen LogP contribution in [-0.4, -0.2) is 22.3 Å². The molecule has 0 fully saturated rings. The highest BCUT2D eigenvalue weighted by molar-refractivity contribution is 8.13. The van der Waals surface area contributed by atoms with Crippen LogP contribution in [0.2, 0.25) is 10.0 Å². The smallest absolute Gasteiger partial charge is 0.291 e. The number of thioether (sulfide) groups is 1. The molecule has 0 atom stereocenters. The molecule has 0 saturated heterocycles. The third kappa shape index (κ3) is 4.15. The van der Waals surface area contributed by atoms with Crippen LogP contribution in [0.15, 0.2) is 41.6 Å². The second-order valence-corrected chi connectivity index (χ2v) is 6.87. The molecule has 1 aromatic heterocycles. The van der Waals surface area contributed by atoms with Crippen LogP contribution in [0.1, 0.15) is 5.69 Å². The van der Waals surface area contributed by atoms with E-state index in [1.165, 1.54) is 0 Å². The first kappa shape index (κ1) is 17.8. The van der Waals surface area contributed by atoms with Crippen LogP contribution in [0.4, 0.5) is 10.5 Å². The van der Waals surface area contributed by atoms with Gasteiger partial charge in [0, 0.05) is 28.5 Å². The summed E-state index contributed by atoms with van der Waals surface area (Å²) in [6, 6.07) is 10.4. The minimum absolute atomic E-state index is 0.314. The van der Waals surface area contributed by atoms with Crippen LogP contribution in [0.5, 0.6) is 5.75 Å². The number of amides is 1. The molecule has 0 aliphatic heterocycles. The van der Waals surface area contributed by atoms with Gasteiger partial charge in [0.1, 0.15) is 5.75 Å². The van der Waals surface area contributed by atoms with E-state index in [0.29, 0.717) is 20.9 Å². The van der Waals surface area contributed by atoms with E-state index >= 15 is 0 Å². The van der Waals surface area contributed by atoms with Gasteiger partial charge in [-0.25, -0.2) is 9.97 Å². The number of rotatable bonds is 3. The van der Waals surface area contributed by atoms with Gasteiger partial charge in [-0.15, -0.1) is 0 Å². The summed E-state index contributed by atoms with van der Waals surface area (Å²) >= 11 is 12.7. The summed E-state index contributed by atoms with van der Waals surface area (Å²) in [6.45, 7) is 1.87. The summed E-state index contributed by atoms with van der Waals surface area (Å²) in [5.74, 6) is 0.733. The highest BCUT2D eigenvalue weighted by Crippen LogP contribution is 2.28. The molecule has 128 valence electrons. The quantitative estimate of drug-likeness (QED) is 0.464. The monoisotopic (exact) mass is 393 g/mol. The molecule has 8 heteroatoms. The lowest BCUT2D eigenvalue weighted by molar-refractivity contribution is 0.269.